The molecule has 0 radical (unpaired) electrons. The van der Waals surface area contributed by atoms with Gasteiger partial charge in [0.05, 0.1) is 7.11 Å². The van der Waals surface area contributed by atoms with Crippen molar-refractivity contribution >= 4 is 0 Å². The van der Waals surface area contributed by atoms with Crippen molar-refractivity contribution in [2.75, 3.05) is 60.0 Å². The van der Waals surface area contributed by atoms with E-state index in [1.54, 1.807) is 7.11 Å². The highest BCUT2D eigenvalue weighted by Gasteiger charge is 2.18. The van der Waals surface area contributed by atoms with Crippen LogP contribution in [0.2, 0.25) is 0 Å². The number of aliphatic hydroxyl groups is 1. The van der Waals surface area contributed by atoms with E-state index in [4.69, 9.17) is 9.47 Å². The van der Waals surface area contributed by atoms with E-state index in [1.165, 1.54) is 5.56 Å². The predicted molar refractivity (Wildman–Crippen MR) is 120 cm³/mol. The predicted octanol–water partition coefficient (Wildman–Crippen LogP) is 2.01. The lowest BCUT2D eigenvalue weighted by Gasteiger charge is -2.33. The van der Waals surface area contributed by atoms with E-state index >= 15 is 0 Å². The Balaban J connectivity index is 1.48. The molecule has 0 aromatic heterocycles. The van der Waals surface area contributed by atoms with Gasteiger partial charge < -0.3 is 24.8 Å². The van der Waals surface area contributed by atoms with Gasteiger partial charge in [0.2, 0.25) is 0 Å². The number of hydrogen-bond donors (Lipinski definition) is 2. The number of benzene rings is 2. The normalized spacial score (nSPS) is 16.4. The van der Waals surface area contributed by atoms with Gasteiger partial charge in [-0.2, -0.15) is 0 Å². The van der Waals surface area contributed by atoms with Gasteiger partial charge >= 0.3 is 0 Å². The van der Waals surface area contributed by atoms with Gasteiger partial charge in [0, 0.05) is 50.9 Å². The standard InChI is InChI=1S/C24H35N3O3/c1-26-12-14-27(15-13-26)18-22(28)19-30-24-16-23(29-2)9-8-21(24)17-25-11-10-20-6-4-3-5-7-20/h3-9,16,22,25,28H,10-15,17-19H2,1-2H3/t22-/m0/s1. The Labute approximate surface area is 180 Å². The molecule has 1 saturated heterocycles. The molecule has 2 N–H and O–H groups in total. The van der Waals surface area contributed by atoms with Crippen LogP contribution >= 0.6 is 0 Å². The summed E-state index contributed by atoms with van der Waals surface area (Å²) in [7, 11) is 3.79. The van der Waals surface area contributed by atoms with E-state index < -0.39 is 6.10 Å². The van der Waals surface area contributed by atoms with Crippen LogP contribution in [-0.2, 0) is 13.0 Å². The first kappa shape index (κ1) is 22.6. The summed E-state index contributed by atoms with van der Waals surface area (Å²) in [6.07, 6.45) is 0.468. The van der Waals surface area contributed by atoms with Gasteiger partial charge in [-0.1, -0.05) is 36.4 Å². The number of nitrogens with one attached hydrogen (secondary N) is 1. The van der Waals surface area contributed by atoms with Crippen molar-refractivity contribution in [2.24, 2.45) is 0 Å². The van der Waals surface area contributed by atoms with Gasteiger partial charge in [0.15, 0.2) is 0 Å². The van der Waals surface area contributed by atoms with Gasteiger partial charge in [0.25, 0.3) is 0 Å². The first-order valence-corrected chi connectivity index (χ1v) is 10.8. The summed E-state index contributed by atoms with van der Waals surface area (Å²) in [5.41, 5.74) is 2.39. The third-order valence-electron chi connectivity index (χ3n) is 5.52. The van der Waals surface area contributed by atoms with Crippen molar-refractivity contribution in [3.05, 3.63) is 59.7 Å². The van der Waals surface area contributed by atoms with Crippen LogP contribution in [0, 0.1) is 0 Å². The zero-order chi connectivity index (χ0) is 21.2. The quantitative estimate of drug-likeness (QED) is 0.550. The molecule has 2 aromatic rings. The average molecular weight is 414 g/mol. The maximum absolute atomic E-state index is 10.5. The van der Waals surface area contributed by atoms with E-state index in [9.17, 15) is 5.11 Å². The Morgan fingerprint density at radius 2 is 1.83 bits per heavy atom. The molecule has 30 heavy (non-hydrogen) atoms. The minimum atomic E-state index is -0.515. The Hall–Kier alpha value is -2.12. The van der Waals surface area contributed by atoms with Crippen molar-refractivity contribution in [2.45, 2.75) is 19.1 Å². The molecule has 0 saturated carbocycles. The molecule has 2 aromatic carbocycles. The van der Waals surface area contributed by atoms with Crippen molar-refractivity contribution in [1.82, 2.24) is 15.1 Å². The molecule has 0 bridgehead atoms. The number of aliphatic hydroxyl groups excluding tert-OH is 1. The number of nitrogens with zero attached hydrogens (tertiary/aromatic N) is 2. The maximum atomic E-state index is 10.5. The fourth-order valence-electron chi connectivity index (χ4n) is 3.61. The number of likely N-dealkylation sites (N-methyl/N-ethyl adjacent to an activating group) is 1. The number of methoxy groups -OCH3 is 1. The van der Waals surface area contributed by atoms with Crippen molar-refractivity contribution < 1.29 is 14.6 Å². The molecular formula is C24H35N3O3. The highest BCUT2D eigenvalue weighted by Crippen LogP contribution is 2.25. The number of rotatable bonds is 11. The smallest absolute Gasteiger partial charge is 0.127 e. The highest BCUT2D eigenvalue weighted by molar-refractivity contribution is 5.40. The van der Waals surface area contributed by atoms with Crippen LogP contribution in [0.5, 0.6) is 11.5 Å². The zero-order valence-corrected chi connectivity index (χ0v) is 18.2. The van der Waals surface area contributed by atoms with E-state index in [1.807, 2.05) is 24.3 Å². The van der Waals surface area contributed by atoms with E-state index in [2.05, 4.69) is 46.4 Å². The van der Waals surface area contributed by atoms with Crippen LogP contribution in [0.4, 0.5) is 0 Å². The van der Waals surface area contributed by atoms with E-state index in [0.29, 0.717) is 13.1 Å². The Morgan fingerprint density at radius 3 is 2.57 bits per heavy atom. The largest absolute Gasteiger partial charge is 0.497 e. The monoisotopic (exact) mass is 413 g/mol. The average Bonchev–Trinajstić information content (AvgIpc) is 2.78. The third-order valence-corrected chi connectivity index (χ3v) is 5.52. The number of ether oxygens (including phenoxy) is 2. The zero-order valence-electron chi connectivity index (χ0n) is 18.2. The molecule has 1 aliphatic rings. The van der Waals surface area contributed by atoms with Gasteiger partial charge in [-0.15, -0.1) is 0 Å². The first-order valence-electron chi connectivity index (χ1n) is 10.8. The molecule has 1 atom stereocenters. The summed E-state index contributed by atoms with van der Waals surface area (Å²) in [5, 5.41) is 13.9. The fraction of sp³-hybridized carbons (Fsp3) is 0.500. The number of piperazine rings is 1. The molecule has 0 spiro atoms. The number of hydrogen-bond acceptors (Lipinski definition) is 6. The lowest BCUT2D eigenvalue weighted by molar-refractivity contribution is 0.0501. The van der Waals surface area contributed by atoms with Crippen LogP contribution in [0.1, 0.15) is 11.1 Å². The summed E-state index contributed by atoms with van der Waals surface area (Å²) in [6.45, 7) is 6.58. The molecule has 1 fully saturated rings. The lowest BCUT2D eigenvalue weighted by atomic mass is 10.1. The minimum absolute atomic E-state index is 0.274. The topological polar surface area (TPSA) is 57.2 Å². The van der Waals surface area contributed by atoms with Crippen molar-refractivity contribution in [1.29, 1.82) is 0 Å². The second kappa shape index (κ2) is 11.9. The van der Waals surface area contributed by atoms with Gasteiger partial charge in [0.1, 0.15) is 24.2 Å². The van der Waals surface area contributed by atoms with Crippen LogP contribution in [0.15, 0.2) is 48.5 Å². The number of β-amino-alcohol motifs (C(OH)–C–C–N with tert-alkyl or cyclic N) is 1. The second-order valence-electron chi connectivity index (χ2n) is 7.95. The van der Waals surface area contributed by atoms with Crippen molar-refractivity contribution in [3.8, 4) is 11.5 Å². The first-order chi connectivity index (χ1) is 14.6. The molecule has 6 nitrogen and oxygen atoms in total. The summed E-state index contributed by atoms with van der Waals surface area (Å²) in [4.78, 5) is 4.61. The Morgan fingerprint density at radius 1 is 1.07 bits per heavy atom. The summed E-state index contributed by atoms with van der Waals surface area (Å²) in [6, 6.07) is 16.3. The highest BCUT2D eigenvalue weighted by atomic mass is 16.5. The summed E-state index contributed by atoms with van der Waals surface area (Å²) in [5.74, 6) is 1.52. The molecule has 3 rings (SSSR count). The summed E-state index contributed by atoms with van der Waals surface area (Å²) < 4.78 is 11.4. The van der Waals surface area contributed by atoms with Gasteiger partial charge in [-0.05, 0) is 31.6 Å². The molecule has 1 heterocycles. The maximum Gasteiger partial charge on any atom is 0.127 e. The van der Waals surface area contributed by atoms with Crippen LogP contribution < -0.4 is 14.8 Å². The molecule has 6 heteroatoms. The van der Waals surface area contributed by atoms with Crippen molar-refractivity contribution in [3.63, 3.8) is 0 Å². The second-order valence-corrected chi connectivity index (χ2v) is 7.95. The molecule has 1 aliphatic heterocycles. The minimum Gasteiger partial charge on any atom is -0.497 e. The lowest BCUT2D eigenvalue weighted by Crippen LogP contribution is -2.47. The third kappa shape index (κ3) is 7.29. The van der Waals surface area contributed by atoms with E-state index in [0.717, 1.165) is 56.2 Å². The molecule has 0 aliphatic carbocycles. The van der Waals surface area contributed by atoms with Crippen LogP contribution in [0.25, 0.3) is 0 Å². The van der Waals surface area contributed by atoms with Crippen LogP contribution in [0.3, 0.4) is 0 Å². The van der Waals surface area contributed by atoms with Crippen LogP contribution in [-0.4, -0.2) is 81.0 Å². The molecular weight excluding hydrogens is 378 g/mol. The summed E-state index contributed by atoms with van der Waals surface area (Å²) >= 11 is 0. The van der Waals surface area contributed by atoms with Gasteiger partial charge in [-0.3, -0.25) is 4.90 Å². The SMILES string of the molecule is COc1ccc(CNCCc2ccccc2)c(OC[C@@H](O)CN2CCN(C)CC2)c1. The fourth-order valence-corrected chi connectivity index (χ4v) is 3.61. The Kier molecular flexibility index (Phi) is 8.96. The molecule has 0 unspecified atom stereocenters. The Bertz CT molecular complexity index is 749. The molecule has 0 amide bonds. The van der Waals surface area contributed by atoms with E-state index in [-0.39, 0.29) is 6.61 Å². The van der Waals surface area contributed by atoms with Gasteiger partial charge in [-0.25, -0.2) is 0 Å². The molecule has 164 valence electrons.